The van der Waals surface area contributed by atoms with E-state index in [2.05, 4.69) is 122 Å². The van der Waals surface area contributed by atoms with Crippen LogP contribution < -0.4 is 26.0 Å². The second-order valence-electron chi connectivity index (χ2n) is 18.8. The first-order valence-corrected chi connectivity index (χ1v) is 25.5. The van der Waals surface area contributed by atoms with Crippen molar-refractivity contribution in [2.75, 3.05) is 61.5 Å². The fourth-order valence-corrected chi connectivity index (χ4v) is 10.2. The van der Waals surface area contributed by atoms with Crippen LogP contribution in [-0.2, 0) is 9.59 Å². The highest BCUT2D eigenvalue weighted by Crippen LogP contribution is 2.36. The van der Waals surface area contributed by atoms with E-state index in [0.29, 0.717) is 63.1 Å². The number of hydrogen-bond acceptors (Lipinski definition) is 15. The smallest absolute Gasteiger partial charge is 0.328 e. The molecule has 0 unspecified atom stereocenters. The number of amides is 2. The molecule has 0 atom stereocenters. The van der Waals surface area contributed by atoms with Crippen LogP contribution in [0, 0.1) is 27.7 Å². The molecule has 74 heavy (non-hydrogen) atoms. The summed E-state index contributed by atoms with van der Waals surface area (Å²) >= 11 is 1.45. The summed E-state index contributed by atoms with van der Waals surface area (Å²) in [5.74, 6) is 2.63. The lowest BCUT2D eigenvalue weighted by molar-refractivity contribution is -0.112. The first kappa shape index (κ1) is 50.9. The summed E-state index contributed by atoms with van der Waals surface area (Å²) in [4.78, 5) is 52.6. The number of carbonyl (C=O) groups excluding carboxylic acids is 2. The van der Waals surface area contributed by atoms with Crippen molar-refractivity contribution in [1.82, 2.24) is 53.9 Å². The summed E-state index contributed by atoms with van der Waals surface area (Å²) in [6.45, 7) is 19.9. The zero-order valence-electron chi connectivity index (χ0n) is 42.6. The minimum atomic E-state index is -0.305. The van der Waals surface area contributed by atoms with Crippen molar-refractivity contribution in [1.29, 1.82) is 0 Å². The number of aryl methyl sites for hydroxylation is 4. The number of carbonyl (C=O) groups is 2. The highest BCUT2D eigenvalue weighted by molar-refractivity contribution is 7.99. The number of benzene rings is 3. The quantitative estimate of drug-likeness (QED) is 0.0750. The van der Waals surface area contributed by atoms with Crippen LogP contribution in [0.25, 0.3) is 11.3 Å². The van der Waals surface area contributed by atoms with Gasteiger partial charge in [0.1, 0.15) is 11.6 Å². The van der Waals surface area contributed by atoms with Crippen LogP contribution in [0.2, 0.25) is 0 Å². The number of pyridine rings is 1. The van der Waals surface area contributed by atoms with E-state index in [1.807, 2.05) is 37.3 Å². The Morgan fingerprint density at radius 3 is 1.88 bits per heavy atom. The molecule has 0 radical (unpaired) electrons. The predicted molar refractivity (Wildman–Crippen MR) is 291 cm³/mol. The molecule has 10 rings (SSSR count). The molecule has 4 N–H and O–H groups in total. The number of hydrogen-bond donors (Lipinski definition) is 4. The van der Waals surface area contributed by atoms with Gasteiger partial charge in [0, 0.05) is 45.9 Å². The second-order valence-corrected chi connectivity index (χ2v) is 19.8. The lowest BCUT2D eigenvalue weighted by Crippen LogP contribution is -2.29. The summed E-state index contributed by atoms with van der Waals surface area (Å²) in [7, 11) is 4.37. The lowest BCUT2D eigenvalue weighted by Gasteiger charge is -2.30. The van der Waals surface area contributed by atoms with Crippen molar-refractivity contribution in [3.8, 4) is 11.8 Å². The Labute approximate surface area is 434 Å². The molecule has 2 aliphatic heterocycles. The molecule has 0 saturated carbocycles. The molecule has 8 aromatic rings. The Morgan fingerprint density at radius 2 is 1.22 bits per heavy atom. The summed E-state index contributed by atoms with van der Waals surface area (Å²) in [6.07, 6.45) is 10.5. The van der Waals surface area contributed by atoms with Gasteiger partial charge in [0.25, 0.3) is 0 Å². The van der Waals surface area contributed by atoms with Crippen molar-refractivity contribution >= 4 is 69.6 Å². The monoisotopic (exact) mass is 1010 g/mol. The van der Waals surface area contributed by atoms with E-state index in [9.17, 15) is 9.59 Å². The maximum Gasteiger partial charge on any atom is 0.328 e. The number of aromatic nitrogens is 9. The summed E-state index contributed by atoms with van der Waals surface area (Å²) in [5.41, 5.74) is 10.8. The molecule has 2 fully saturated rings. The predicted octanol–water partition coefficient (Wildman–Crippen LogP) is 10.2. The fraction of sp³-hybridized carbons (Fsp3) is 0.291. The molecule has 0 spiro atoms. The third-order valence-corrected chi connectivity index (χ3v) is 14.2. The van der Waals surface area contributed by atoms with Crippen molar-refractivity contribution in [2.24, 2.45) is 0 Å². The van der Waals surface area contributed by atoms with Crippen molar-refractivity contribution in [3.63, 3.8) is 0 Å². The zero-order valence-corrected chi connectivity index (χ0v) is 43.4. The Kier molecular flexibility index (Phi) is 15.7. The first-order valence-electron chi connectivity index (χ1n) is 24.7. The highest BCUT2D eigenvalue weighted by atomic mass is 32.2. The van der Waals surface area contributed by atoms with Gasteiger partial charge in [0.05, 0.1) is 12.4 Å². The van der Waals surface area contributed by atoms with E-state index < -0.39 is 0 Å². The Balaban J connectivity index is 0.000000182. The SMILES string of the molecule is C=CC(=O)Nc1cccc(Oc2nc(Nc3nc(C)c(C4CCN(C)CC4)cc3C)nc3ccnn23)c1.C=CC(=O)Nc1cccc(Sc2nc(Nc3cc(C)c(C4CCN(C)CC4)cc3C)nc3ccnn23)c1. The Hall–Kier alpha value is -8.00. The number of ether oxygens (including phenoxy) is 1. The van der Waals surface area contributed by atoms with Crippen LogP contribution in [0.1, 0.15) is 71.0 Å². The van der Waals surface area contributed by atoms with Gasteiger partial charge in [-0.15, -0.1) is 0 Å². The van der Waals surface area contributed by atoms with Gasteiger partial charge >= 0.3 is 6.01 Å². The fourth-order valence-electron chi connectivity index (χ4n) is 9.26. The molecular formula is C55H61N15O3S. The maximum absolute atomic E-state index is 11.7. The van der Waals surface area contributed by atoms with Gasteiger partial charge in [-0.25, -0.2) is 4.98 Å². The third-order valence-electron chi connectivity index (χ3n) is 13.3. The van der Waals surface area contributed by atoms with E-state index in [-0.39, 0.29) is 17.8 Å². The maximum atomic E-state index is 11.7. The van der Waals surface area contributed by atoms with E-state index in [1.165, 1.54) is 63.5 Å². The van der Waals surface area contributed by atoms with Gasteiger partial charge in [0.15, 0.2) is 16.5 Å². The number of rotatable bonds is 14. The summed E-state index contributed by atoms with van der Waals surface area (Å²) < 4.78 is 9.28. The number of fused-ring (bicyclic) bond motifs is 2. The summed E-state index contributed by atoms with van der Waals surface area (Å²) in [5, 5.41) is 21.6. The highest BCUT2D eigenvalue weighted by Gasteiger charge is 2.24. The first-order chi connectivity index (χ1) is 35.8. The number of piperidine rings is 2. The molecule has 380 valence electrons. The zero-order chi connectivity index (χ0) is 51.9. The van der Waals surface area contributed by atoms with Crippen molar-refractivity contribution < 1.29 is 14.3 Å². The third kappa shape index (κ3) is 12.2. The number of anilines is 6. The van der Waals surface area contributed by atoms with Crippen LogP contribution in [0.4, 0.5) is 34.8 Å². The normalized spacial score (nSPS) is 14.5. The molecule has 2 amide bonds. The van der Waals surface area contributed by atoms with Gasteiger partial charge in [0.2, 0.25) is 23.7 Å². The van der Waals surface area contributed by atoms with E-state index in [0.717, 1.165) is 60.9 Å². The Bertz CT molecular complexity index is 3140. The van der Waals surface area contributed by atoms with Gasteiger partial charge in [-0.2, -0.15) is 39.2 Å². The van der Waals surface area contributed by atoms with Crippen LogP contribution in [0.5, 0.6) is 11.8 Å². The largest absolute Gasteiger partial charge is 0.424 e. The van der Waals surface area contributed by atoms with Gasteiger partial charge in [-0.05, 0) is 194 Å². The molecule has 3 aromatic carbocycles. The molecule has 19 heteroatoms. The van der Waals surface area contributed by atoms with E-state index >= 15 is 0 Å². The van der Waals surface area contributed by atoms with Crippen LogP contribution in [0.3, 0.4) is 0 Å². The standard InChI is InChI=1S/C28H31N7OS.C27H30N8O2/c1-5-26(36)30-21-7-6-8-22(17-21)37-28-33-27(32-25-9-12-29-35(25)28)31-24-16-18(2)23(15-19(24)3)20-10-13-34(4)14-11-20;1-5-24(36)30-20-7-6-8-21(16-20)37-27-33-26(31-23-9-12-28-35(23)27)32-25-17(2)15-22(18(3)29-25)19-10-13-34(4)14-11-19/h5-9,12,15-17,20H,1,10-11,13-14H2,2-4H3,(H,30,36)(H,31,32);5-9,12,15-16,19H,1,10-11,13-14H2,2-4H3,(H,30,36)(H,29,31,32). The average molecular weight is 1010 g/mol. The minimum Gasteiger partial charge on any atom is -0.424 e. The van der Waals surface area contributed by atoms with Crippen molar-refractivity contribution in [3.05, 3.63) is 150 Å². The molecule has 2 saturated heterocycles. The molecule has 0 bridgehead atoms. The molecular weight excluding hydrogens is 951 g/mol. The van der Waals surface area contributed by atoms with Crippen LogP contribution in [-0.4, -0.2) is 106 Å². The second kappa shape index (κ2) is 22.8. The van der Waals surface area contributed by atoms with Gasteiger partial charge < -0.3 is 35.8 Å². The molecule has 5 aromatic heterocycles. The average Bonchev–Trinajstić information content (AvgIpc) is 4.08. The Morgan fingerprint density at radius 1 is 0.635 bits per heavy atom. The van der Waals surface area contributed by atoms with Gasteiger partial charge in [-0.3, -0.25) is 9.59 Å². The number of nitrogens with one attached hydrogen (secondary N) is 4. The topological polar surface area (TPSA) is 197 Å². The summed E-state index contributed by atoms with van der Waals surface area (Å²) in [6, 6.07) is 25.2. The van der Waals surface area contributed by atoms with E-state index in [4.69, 9.17) is 14.7 Å². The number of nitrogens with zero attached hydrogens (tertiary/aromatic N) is 11. The lowest BCUT2D eigenvalue weighted by atomic mass is 9.86. The van der Waals surface area contributed by atoms with Crippen molar-refractivity contribution in [2.45, 2.75) is 75.3 Å². The number of likely N-dealkylation sites (tertiary alicyclic amines) is 2. The van der Waals surface area contributed by atoms with Crippen LogP contribution in [0.15, 0.2) is 127 Å². The molecule has 7 heterocycles. The molecule has 18 nitrogen and oxygen atoms in total. The van der Waals surface area contributed by atoms with Crippen LogP contribution >= 0.6 is 11.8 Å². The minimum absolute atomic E-state index is 0.224. The van der Waals surface area contributed by atoms with E-state index in [1.54, 1.807) is 47.2 Å². The molecule has 0 aliphatic carbocycles. The van der Waals surface area contributed by atoms with Gasteiger partial charge in [-0.1, -0.05) is 37.4 Å². The molecule has 2 aliphatic rings.